The fourth-order valence-electron chi connectivity index (χ4n) is 1.65. The Morgan fingerprint density at radius 1 is 1.16 bits per heavy atom. The summed E-state index contributed by atoms with van der Waals surface area (Å²) in [5.41, 5.74) is 8.29. The van der Waals surface area contributed by atoms with E-state index in [1.54, 1.807) is 18.2 Å². The number of rotatable bonds is 5. The standard InChI is InChI=1S/C15H17ClN2O/c1-2-9-19-13-6-4-12(5-7-13)18-15-10-11(16)3-8-14(15)17/h3-8,10,18H,2,9,17H2,1H3. The molecule has 0 bridgehead atoms. The lowest BCUT2D eigenvalue weighted by Gasteiger charge is -2.10. The molecule has 0 radical (unpaired) electrons. The number of halogens is 1. The highest BCUT2D eigenvalue weighted by Gasteiger charge is 2.01. The van der Waals surface area contributed by atoms with Crippen LogP contribution in [-0.2, 0) is 0 Å². The summed E-state index contributed by atoms with van der Waals surface area (Å²) in [5, 5.41) is 3.88. The molecule has 0 heterocycles. The quantitative estimate of drug-likeness (QED) is 0.793. The van der Waals surface area contributed by atoms with Crippen molar-refractivity contribution in [2.45, 2.75) is 13.3 Å². The smallest absolute Gasteiger partial charge is 0.119 e. The lowest BCUT2D eigenvalue weighted by atomic mass is 10.2. The van der Waals surface area contributed by atoms with Crippen LogP contribution in [0.25, 0.3) is 0 Å². The second-order valence-corrected chi connectivity index (χ2v) is 4.67. The second kappa shape index (κ2) is 6.34. The molecule has 2 aromatic rings. The van der Waals surface area contributed by atoms with E-state index in [0.717, 1.165) is 30.2 Å². The van der Waals surface area contributed by atoms with Crippen LogP contribution in [0.5, 0.6) is 5.75 Å². The number of hydrogen-bond donors (Lipinski definition) is 2. The van der Waals surface area contributed by atoms with Crippen molar-refractivity contribution in [3.05, 3.63) is 47.5 Å². The van der Waals surface area contributed by atoms with E-state index in [-0.39, 0.29) is 0 Å². The molecule has 0 spiro atoms. The lowest BCUT2D eigenvalue weighted by molar-refractivity contribution is 0.317. The van der Waals surface area contributed by atoms with Gasteiger partial charge in [0.15, 0.2) is 0 Å². The summed E-state index contributed by atoms with van der Waals surface area (Å²) in [6.45, 7) is 2.81. The summed E-state index contributed by atoms with van der Waals surface area (Å²) in [7, 11) is 0. The summed E-state index contributed by atoms with van der Waals surface area (Å²) in [6.07, 6.45) is 0.999. The molecule has 100 valence electrons. The number of nitrogen functional groups attached to an aromatic ring is 1. The number of nitrogens with two attached hydrogens (primary N) is 1. The third-order valence-corrected chi connectivity index (χ3v) is 2.86. The Morgan fingerprint density at radius 2 is 1.89 bits per heavy atom. The van der Waals surface area contributed by atoms with E-state index < -0.39 is 0 Å². The fourth-order valence-corrected chi connectivity index (χ4v) is 1.82. The molecule has 0 unspecified atom stereocenters. The molecule has 0 aliphatic carbocycles. The zero-order chi connectivity index (χ0) is 13.7. The third-order valence-electron chi connectivity index (χ3n) is 2.62. The largest absolute Gasteiger partial charge is 0.494 e. The van der Waals surface area contributed by atoms with Crippen LogP contribution < -0.4 is 15.8 Å². The molecular weight excluding hydrogens is 260 g/mol. The Balaban J connectivity index is 2.08. The van der Waals surface area contributed by atoms with Crippen LogP contribution in [0.4, 0.5) is 17.1 Å². The molecule has 0 fully saturated rings. The summed E-state index contributed by atoms with van der Waals surface area (Å²) in [5.74, 6) is 0.867. The van der Waals surface area contributed by atoms with Crippen molar-refractivity contribution < 1.29 is 4.74 Å². The van der Waals surface area contributed by atoms with Crippen molar-refractivity contribution in [2.75, 3.05) is 17.7 Å². The number of nitrogens with one attached hydrogen (secondary N) is 1. The molecule has 2 rings (SSSR count). The first kappa shape index (κ1) is 13.6. The van der Waals surface area contributed by atoms with E-state index in [4.69, 9.17) is 22.1 Å². The van der Waals surface area contributed by atoms with Gasteiger partial charge in [0.1, 0.15) is 5.75 Å². The molecule has 0 atom stereocenters. The van der Waals surface area contributed by atoms with Gasteiger partial charge in [0.25, 0.3) is 0 Å². The van der Waals surface area contributed by atoms with Gasteiger partial charge in [-0.1, -0.05) is 18.5 Å². The van der Waals surface area contributed by atoms with Crippen molar-refractivity contribution in [1.29, 1.82) is 0 Å². The summed E-state index contributed by atoms with van der Waals surface area (Å²) >= 11 is 5.95. The molecule has 3 N–H and O–H groups in total. The van der Waals surface area contributed by atoms with Gasteiger partial charge < -0.3 is 15.8 Å². The Morgan fingerprint density at radius 3 is 2.58 bits per heavy atom. The van der Waals surface area contributed by atoms with Gasteiger partial charge in [0, 0.05) is 10.7 Å². The summed E-state index contributed by atoms with van der Waals surface area (Å²) in [6, 6.07) is 13.1. The first-order chi connectivity index (χ1) is 9.19. The number of hydrogen-bond acceptors (Lipinski definition) is 3. The monoisotopic (exact) mass is 276 g/mol. The predicted molar refractivity (Wildman–Crippen MR) is 81.4 cm³/mol. The van der Waals surface area contributed by atoms with Crippen LogP contribution >= 0.6 is 11.6 Å². The Hall–Kier alpha value is -1.87. The highest BCUT2D eigenvalue weighted by atomic mass is 35.5. The molecule has 0 aromatic heterocycles. The van der Waals surface area contributed by atoms with Crippen molar-refractivity contribution in [3.63, 3.8) is 0 Å². The molecule has 0 aliphatic rings. The molecule has 19 heavy (non-hydrogen) atoms. The van der Waals surface area contributed by atoms with E-state index >= 15 is 0 Å². The third kappa shape index (κ3) is 3.80. The molecule has 0 amide bonds. The number of anilines is 3. The van der Waals surface area contributed by atoms with E-state index in [9.17, 15) is 0 Å². The normalized spacial score (nSPS) is 10.2. The zero-order valence-corrected chi connectivity index (χ0v) is 11.6. The van der Waals surface area contributed by atoms with Crippen LogP contribution in [0, 0.1) is 0 Å². The van der Waals surface area contributed by atoms with Crippen LogP contribution in [0.1, 0.15) is 13.3 Å². The van der Waals surface area contributed by atoms with Gasteiger partial charge in [-0.3, -0.25) is 0 Å². The number of ether oxygens (including phenoxy) is 1. The fraction of sp³-hybridized carbons (Fsp3) is 0.200. The average molecular weight is 277 g/mol. The minimum atomic E-state index is 0.652. The first-order valence-corrected chi connectivity index (χ1v) is 6.61. The molecule has 0 saturated carbocycles. The summed E-state index contributed by atoms with van der Waals surface area (Å²) in [4.78, 5) is 0. The maximum absolute atomic E-state index is 5.95. The van der Waals surface area contributed by atoms with Gasteiger partial charge in [-0.15, -0.1) is 0 Å². The molecule has 4 heteroatoms. The Bertz CT molecular complexity index is 540. The molecule has 0 saturated heterocycles. The average Bonchev–Trinajstić information content (AvgIpc) is 2.42. The number of benzene rings is 2. The topological polar surface area (TPSA) is 47.3 Å². The first-order valence-electron chi connectivity index (χ1n) is 6.24. The van der Waals surface area contributed by atoms with Crippen LogP contribution in [0.3, 0.4) is 0 Å². The predicted octanol–water partition coefficient (Wildman–Crippen LogP) is 4.45. The van der Waals surface area contributed by atoms with Gasteiger partial charge in [-0.2, -0.15) is 0 Å². The SMILES string of the molecule is CCCOc1ccc(Nc2cc(Cl)ccc2N)cc1. The molecule has 0 aliphatic heterocycles. The Kier molecular flexibility index (Phi) is 4.53. The lowest BCUT2D eigenvalue weighted by Crippen LogP contribution is -1.97. The van der Waals surface area contributed by atoms with Gasteiger partial charge in [0.05, 0.1) is 18.0 Å². The van der Waals surface area contributed by atoms with Crippen LogP contribution in [0.15, 0.2) is 42.5 Å². The zero-order valence-electron chi connectivity index (χ0n) is 10.8. The van der Waals surface area contributed by atoms with Crippen molar-refractivity contribution >= 4 is 28.7 Å². The minimum absolute atomic E-state index is 0.652. The van der Waals surface area contributed by atoms with E-state index in [1.165, 1.54) is 0 Å². The molecular formula is C15H17ClN2O. The van der Waals surface area contributed by atoms with Crippen molar-refractivity contribution in [1.82, 2.24) is 0 Å². The van der Waals surface area contributed by atoms with Gasteiger partial charge in [0.2, 0.25) is 0 Å². The van der Waals surface area contributed by atoms with Crippen LogP contribution in [0.2, 0.25) is 5.02 Å². The van der Waals surface area contributed by atoms with E-state index in [2.05, 4.69) is 12.2 Å². The van der Waals surface area contributed by atoms with E-state index in [0.29, 0.717) is 10.7 Å². The molecule has 3 nitrogen and oxygen atoms in total. The minimum Gasteiger partial charge on any atom is -0.494 e. The highest BCUT2D eigenvalue weighted by Crippen LogP contribution is 2.27. The van der Waals surface area contributed by atoms with Gasteiger partial charge in [-0.25, -0.2) is 0 Å². The van der Waals surface area contributed by atoms with Gasteiger partial charge >= 0.3 is 0 Å². The van der Waals surface area contributed by atoms with E-state index in [1.807, 2.05) is 24.3 Å². The summed E-state index contributed by atoms with van der Waals surface area (Å²) < 4.78 is 5.53. The van der Waals surface area contributed by atoms with Crippen LogP contribution in [-0.4, -0.2) is 6.61 Å². The second-order valence-electron chi connectivity index (χ2n) is 4.23. The Labute approximate surface area is 118 Å². The maximum atomic E-state index is 5.95. The maximum Gasteiger partial charge on any atom is 0.119 e. The van der Waals surface area contributed by atoms with Crippen molar-refractivity contribution in [3.8, 4) is 5.75 Å². The molecule has 2 aromatic carbocycles. The van der Waals surface area contributed by atoms with Gasteiger partial charge in [-0.05, 0) is 48.9 Å². The highest BCUT2D eigenvalue weighted by molar-refractivity contribution is 6.31. The van der Waals surface area contributed by atoms with Crippen molar-refractivity contribution in [2.24, 2.45) is 0 Å².